The Balaban J connectivity index is 1.67. The van der Waals surface area contributed by atoms with Crippen LogP contribution in [0, 0.1) is 5.41 Å². The van der Waals surface area contributed by atoms with Crippen LogP contribution < -0.4 is 14.9 Å². The third-order valence-electron chi connectivity index (χ3n) is 6.93. The monoisotopic (exact) mass is 541 g/mol. The maximum atomic E-state index is 12.6. The molecule has 1 aliphatic heterocycles. The minimum absolute atomic E-state index is 0.0411. The number of benzene rings is 1. The van der Waals surface area contributed by atoms with Gasteiger partial charge >= 0.3 is 11.9 Å². The van der Waals surface area contributed by atoms with Gasteiger partial charge in [-0.25, -0.2) is 4.79 Å². The molecule has 1 aromatic heterocycles. The second kappa shape index (κ2) is 12.3. The Morgan fingerprint density at radius 2 is 1.64 bits per heavy atom. The first-order chi connectivity index (χ1) is 18.2. The number of carbonyl (C=O) groups is 2. The van der Waals surface area contributed by atoms with E-state index in [1.165, 1.54) is 12.3 Å². The third kappa shape index (κ3) is 7.87. The lowest BCUT2D eigenvalue weighted by molar-refractivity contribution is -0.154. The van der Waals surface area contributed by atoms with Crippen LogP contribution in [-0.4, -0.2) is 40.9 Å². The average Bonchev–Trinajstić information content (AvgIpc) is 2.82. The van der Waals surface area contributed by atoms with Crippen molar-refractivity contribution in [2.24, 2.45) is 5.41 Å². The normalized spacial score (nSPS) is 14.8. The van der Waals surface area contributed by atoms with Gasteiger partial charge in [-0.3, -0.25) is 9.59 Å². The molecule has 39 heavy (non-hydrogen) atoms. The van der Waals surface area contributed by atoms with E-state index in [9.17, 15) is 19.5 Å². The predicted molar refractivity (Wildman–Crippen MR) is 151 cm³/mol. The molecule has 2 aromatic rings. The number of hydrogen-bond acceptors (Lipinski definition) is 6. The van der Waals surface area contributed by atoms with Crippen LogP contribution in [0.25, 0.3) is 11.3 Å². The number of pyridine rings is 1. The molecule has 0 fully saturated rings. The van der Waals surface area contributed by atoms with Crippen molar-refractivity contribution in [3.05, 3.63) is 45.7 Å². The molecule has 0 aliphatic carbocycles. The summed E-state index contributed by atoms with van der Waals surface area (Å²) >= 11 is 0. The Bertz CT molecular complexity index is 1250. The summed E-state index contributed by atoms with van der Waals surface area (Å²) in [5, 5.41) is 9.52. The Morgan fingerprint density at radius 1 is 0.974 bits per heavy atom. The first-order valence-electron chi connectivity index (χ1n) is 13.8. The van der Waals surface area contributed by atoms with Crippen molar-refractivity contribution in [1.82, 2.24) is 4.57 Å². The zero-order valence-corrected chi connectivity index (χ0v) is 24.4. The number of fused-ring (bicyclic) bond motifs is 3. The van der Waals surface area contributed by atoms with Gasteiger partial charge < -0.3 is 23.9 Å². The lowest BCUT2D eigenvalue weighted by Crippen LogP contribution is -2.32. The number of aromatic nitrogens is 1. The minimum atomic E-state index is -1.22. The van der Waals surface area contributed by atoms with Gasteiger partial charge in [0.1, 0.15) is 11.2 Å². The molecular formula is C31H43NO7. The molecule has 0 unspecified atom stereocenters. The number of hydrogen-bond donors (Lipinski definition) is 1. The lowest BCUT2D eigenvalue weighted by atomic mass is 9.78. The number of carboxylic acids is 1. The summed E-state index contributed by atoms with van der Waals surface area (Å²) in [6, 6.07) is 5.25. The van der Waals surface area contributed by atoms with E-state index in [4.69, 9.17) is 14.2 Å². The van der Waals surface area contributed by atoms with Crippen LogP contribution in [0.3, 0.4) is 0 Å². The molecule has 0 radical (unpaired) electrons. The highest BCUT2D eigenvalue weighted by Gasteiger charge is 2.34. The van der Waals surface area contributed by atoms with E-state index in [2.05, 4.69) is 20.8 Å². The molecule has 3 rings (SSSR count). The van der Waals surface area contributed by atoms with E-state index >= 15 is 0 Å². The fourth-order valence-corrected chi connectivity index (χ4v) is 4.97. The number of carbonyl (C=O) groups excluding carboxylic acids is 1. The first-order valence-corrected chi connectivity index (χ1v) is 13.8. The van der Waals surface area contributed by atoms with Crippen LogP contribution in [0.2, 0.25) is 0 Å². The molecule has 0 amide bonds. The van der Waals surface area contributed by atoms with Gasteiger partial charge in [-0.1, -0.05) is 40.0 Å². The fraction of sp³-hybridized carbons (Fsp3) is 0.581. The number of unbranched alkanes of at least 4 members (excludes halogenated alkanes) is 4. The van der Waals surface area contributed by atoms with Crippen molar-refractivity contribution >= 4 is 11.9 Å². The van der Waals surface area contributed by atoms with Crippen molar-refractivity contribution in [1.29, 1.82) is 0 Å². The van der Waals surface area contributed by atoms with Gasteiger partial charge in [0.15, 0.2) is 16.9 Å². The van der Waals surface area contributed by atoms with E-state index in [0.29, 0.717) is 36.6 Å². The van der Waals surface area contributed by atoms with Crippen molar-refractivity contribution < 1.29 is 28.9 Å². The largest absolute Gasteiger partial charge is 0.493 e. The molecule has 8 heteroatoms. The average molecular weight is 542 g/mol. The van der Waals surface area contributed by atoms with Crippen molar-refractivity contribution in [2.45, 2.75) is 98.1 Å². The molecule has 0 saturated heterocycles. The number of rotatable bonds is 11. The zero-order chi connectivity index (χ0) is 29.0. The Kier molecular flexibility index (Phi) is 9.51. The van der Waals surface area contributed by atoms with Gasteiger partial charge in [-0.05, 0) is 63.1 Å². The molecule has 2 heterocycles. The van der Waals surface area contributed by atoms with Crippen LogP contribution in [0.4, 0.5) is 0 Å². The van der Waals surface area contributed by atoms with Crippen LogP contribution in [0.5, 0.6) is 11.5 Å². The maximum absolute atomic E-state index is 12.6. The molecule has 0 bridgehead atoms. The Hall–Kier alpha value is -3.29. The second-order valence-corrected chi connectivity index (χ2v) is 12.3. The fourth-order valence-electron chi connectivity index (χ4n) is 4.97. The standard InChI is InChI=1S/C31H43NO7/c1-30(2,3)27-16-20-15-26(38-14-12-10-8-9-11-13-28(34)39-31(4,5)6)25(37-7)17-21(20)23-18-24(33)22(29(35)36)19-32(23)27/h15,17-19,27H,8-14,16H2,1-7H3,(H,35,36)/t27-/m0/s1. The van der Waals surface area contributed by atoms with Gasteiger partial charge in [0.25, 0.3) is 0 Å². The Morgan fingerprint density at radius 3 is 2.26 bits per heavy atom. The first kappa shape index (κ1) is 30.3. The lowest BCUT2D eigenvalue weighted by Gasteiger charge is -2.39. The molecule has 1 atom stereocenters. The highest BCUT2D eigenvalue weighted by molar-refractivity contribution is 5.88. The molecule has 0 spiro atoms. The van der Waals surface area contributed by atoms with Crippen molar-refractivity contribution in [3.8, 4) is 22.8 Å². The smallest absolute Gasteiger partial charge is 0.341 e. The topological polar surface area (TPSA) is 104 Å². The molecule has 1 N–H and O–H groups in total. The van der Waals surface area contributed by atoms with Gasteiger partial charge in [0.05, 0.1) is 19.4 Å². The summed E-state index contributed by atoms with van der Waals surface area (Å²) in [5.74, 6) is -0.139. The number of ether oxygens (including phenoxy) is 3. The second-order valence-electron chi connectivity index (χ2n) is 12.3. The van der Waals surface area contributed by atoms with E-state index in [0.717, 1.165) is 43.2 Å². The number of esters is 1. The van der Waals surface area contributed by atoms with Crippen LogP contribution >= 0.6 is 0 Å². The number of methoxy groups -OCH3 is 1. The van der Waals surface area contributed by atoms with Crippen molar-refractivity contribution in [2.75, 3.05) is 13.7 Å². The van der Waals surface area contributed by atoms with E-state index in [-0.39, 0.29) is 23.0 Å². The summed E-state index contributed by atoms with van der Waals surface area (Å²) in [5.41, 5.74) is 1.21. The van der Waals surface area contributed by atoms with Crippen LogP contribution in [0.1, 0.15) is 102 Å². The van der Waals surface area contributed by atoms with Gasteiger partial charge in [0, 0.05) is 30.3 Å². The summed E-state index contributed by atoms with van der Waals surface area (Å²) in [6.45, 7) is 12.5. The zero-order valence-electron chi connectivity index (χ0n) is 24.4. The molecule has 8 nitrogen and oxygen atoms in total. The molecule has 1 aromatic carbocycles. The summed E-state index contributed by atoms with van der Waals surface area (Å²) in [4.78, 5) is 36.1. The summed E-state index contributed by atoms with van der Waals surface area (Å²) in [7, 11) is 1.58. The van der Waals surface area contributed by atoms with Gasteiger partial charge in [0.2, 0.25) is 0 Å². The molecule has 1 aliphatic rings. The summed E-state index contributed by atoms with van der Waals surface area (Å²) < 4.78 is 19.0. The highest BCUT2D eigenvalue weighted by atomic mass is 16.6. The van der Waals surface area contributed by atoms with E-state index < -0.39 is 17.0 Å². The molecule has 0 saturated carbocycles. The number of carboxylic acid groups (broad SMARTS) is 1. The highest BCUT2D eigenvalue weighted by Crippen LogP contribution is 2.45. The van der Waals surface area contributed by atoms with Crippen LogP contribution in [-0.2, 0) is 16.0 Å². The van der Waals surface area contributed by atoms with E-state index in [1.807, 2.05) is 37.5 Å². The minimum Gasteiger partial charge on any atom is -0.493 e. The predicted octanol–water partition coefficient (Wildman–Crippen LogP) is 6.43. The quantitative estimate of drug-likeness (QED) is 0.258. The molecular weight excluding hydrogens is 498 g/mol. The maximum Gasteiger partial charge on any atom is 0.341 e. The van der Waals surface area contributed by atoms with Crippen molar-refractivity contribution in [3.63, 3.8) is 0 Å². The van der Waals surface area contributed by atoms with Crippen LogP contribution in [0.15, 0.2) is 29.2 Å². The van der Waals surface area contributed by atoms with Gasteiger partial charge in [-0.15, -0.1) is 0 Å². The molecule has 214 valence electrons. The number of aromatic carboxylic acids is 1. The number of nitrogens with zero attached hydrogens (tertiary/aromatic N) is 1. The van der Waals surface area contributed by atoms with Gasteiger partial charge in [-0.2, -0.15) is 0 Å². The Labute approximate surface area is 231 Å². The SMILES string of the molecule is COc1cc2c(cc1OCCCCCCCC(=O)OC(C)(C)C)C[C@@H](C(C)(C)C)n1cc(C(=O)O)c(=O)cc1-2. The van der Waals surface area contributed by atoms with E-state index in [1.54, 1.807) is 7.11 Å². The summed E-state index contributed by atoms with van der Waals surface area (Å²) in [6.07, 6.45) is 7.28. The third-order valence-corrected chi connectivity index (χ3v) is 6.93.